The zero-order valence-electron chi connectivity index (χ0n) is 14.2. The minimum absolute atomic E-state index is 0.0442. The van der Waals surface area contributed by atoms with Crippen molar-refractivity contribution >= 4 is 47.0 Å². The number of carbonyl (C=O) groups is 4. The maximum Gasteiger partial charge on any atom is 0.325 e. The van der Waals surface area contributed by atoms with Gasteiger partial charge in [-0.25, -0.2) is 4.79 Å². The van der Waals surface area contributed by atoms with E-state index in [1.807, 2.05) is 0 Å². The number of benzene rings is 1. The number of nitrogens with zero attached hydrogens (tertiary/aromatic N) is 1. The Morgan fingerprint density at radius 1 is 1.15 bits per heavy atom. The quantitative estimate of drug-likeness (QED) is 0.512. The molecule has 0 unspecified atom stereocenters. The maximum atomic E-state index is 12.0. The molecule has 1 saturated heterocycles. The number of hydrogen-bond donors (Lipinski definition) is 3. The summed E-state index contributed by atoms with van der Waals surface area (Å²) in [4.78, 5) is 48.3. The SMILES string of the molecule is CC1(C)NC(=O)N(CCC(=O)NNC(=O)Cc2ccc(Cl)cc2Cl)C1=O. The third-order valence-corrected chi connectivity index (χ3v) is 4.30. The van der Waals surface area contributed by atoms with Crippen LogP contribution in [0, 0.1) is 0 Å². The van der Waals surface area contributed by atoms with Crippen LogP contribution in [0.4, 0.5) is 4.79 Å². The van der Waals surface area contributed by atoms with Gasteiger partial charge in [0.2, 0.25) is 11.8 Å². The van der Waals surface area contributed by atoms with Crippen molar-refractivity contribution in [3.63, 3.8) is 0 Å². The number of nitrogens with one attached hydrogen (secondary N) is 3. The van der Waals surface area contributed by atoms with Crippen molar-refractivity contribution in [1.82, 2.24) is 21.1 Å². The number of rotatable bonds is 5. The molecule has 0 aliphatic carbocycles. The minimum atomic E-state index is -0.986. The van der Waals surface area contributed by atoms with Crippen LogP contribution in [0.1, 0.15) is 25.8 Å². The Morgan fingerprint density at radius 3 is 2.38 bits per heavy atom. The highest BCUT2D eigenvalue weighted by Gasteiger charge is 2.43. The van der Waals surface area contributed by atoms with Crippen LogP contribution in [0.5, 0.6) is 0 Å². The van der Waals surface area contributed by atoms with Crippen LogP contribution in [0.3, 0.4) is 0 Å². The third kappa shape index (κ3) is 4.86. The lowest BCUT2D eigenvalue weighted by atomic mass is 10.1. The fourth-order valence-electron chi connectivity index (χ4n) is 2.32. The Kier molecular flexibility index (Phi) is 6.09. The standard InChI is InChI=1S/C16H18Cl2N4O4/c1-16(2)14(25)22(15(26)19-16)6-5-12(23)20-21-13(24)7-9-3-4-10(17)8-11(9)18/h3-4,8H,5-7H2,1-2H3,(H,19,26)(H,20,23)(H,21,24). The molecule has 1 fully saturated rings. The van der Waals surface area contributed by atoms with Crippen LogP contribution < -0.4 is 16.2 Å². The molecule has 0 aromatic heterocycles. The molecule has 1 heterocycles. The molecule has 1 aliphatic heterocycles. The summed E-state index contributed by atoms with van der Waals surface area (Å²) in [6.45, 7) is 3.07. The summed E-state index contributed by atoms with van der Waals surface area (Å²) in [7, 11) is 0. The molecule has 140 valence electrons. The van der Waals surface area contributed by atoms with E-state index in [2.05, 4.69) is 16.2 Å². The molecule has 3 N–H and O–H groups in total. The van der Waals surface area contributed by atoms with E-state index >= 15 is 0 Å². The summed E-state index contributed by atoms with van der Waals surface area (Å²) in [5, 5.41) is 3.32. The average molecular weight is 401 g/mol. The van der Waals surface area contributed by atoms with E-state index in [-0.39, 0.29) is 19.4 Å². The predicted molar refractivity (Wildman–Crippen MR) is 95.4 cm³/mol. The van der Waals surface area contributed by atoms with E-state index in [1.165, 1.54) is 6.07 Å². The second-order valence-corrected chi connectivity index (χ2v) is 7.11. The van der Waals surface area contributed by atoms with Crippen LogP contribution in [0.25, 0.3) is 0 Å². The molecule has 10 heteroatoms. The van der Waals surface area contributed by atoms with E-state index in [4.69, 9.17) is 23.2 Å². The van der Waals surface area contributed by atoms with Crippen LogP contribution in [-0.4, -0.2) is 40.7 Å². The summed E-state index contributed by atoms with van der Waals surface area (Å²) < 4.78 is 0. The van der Waals surface area contributed by atoms with Gasteiger partial charge in [0.15, 0.2) is 0 Å². The lowest BCUT2D eigenvalue weighted by molar-refractivity contribution is -0.131. The van der Waals surface area contributed by atoms with Crippen molar-refractivity contribution in [2.75, 3.05) is 6.54 Å². The van der Waals surface area contributed by atoms with Crippen molar-refractivity contribution in [2.45, 2.75) is 32.2 Å². The topological polar surface area (TPSA) is 108 Å². The van der Waals surface area contributed by atoms with Crippen molar-refractivity contribution in [1.29, 1.82) is 0 Å². The van der Waals surface area contributed by atoms with E-state index in [1.54, 1.807) is 26.0 Å². The summed E-state index contributed by atoms with van der Waals surface area (Å²) in [6.07, 6.45) is -0.186. The van der Waals surface area contributed by atoms with Gasteiger partial charge < -0.3 is 5.32 Å². The van der Waals surface area contributed by atoms with Gasteiger partial charge in [-0.15, -0.1) is 0 Å². The van der Waals surface area contributed by atoms with E-state index in [0.29, 0.717) is 15.6 Å². The zero-order valence-corrected chi connectivity index (χ0v) is 15.7. The third-order valence-electron chi connectivity index (χ3n) is 3.71. The van der Waals surface area contributed by atoms with Gasteiger partial charge in [0.1, 0.15) is 5.54 Å². The van der Waals surface area contributed by atoms with Gasteiger partial charge in [-0.2, -0.15) is 0 Å². The van der Waals surface area contributed by atoms with E-state index < -0.39 is 29.3 Å². The van der Waals surface area contributed by atoms with Crippen LogP contribution >= 0.6 is 23.2 Å². The highest BCUT2D eigenvalue weighted by Crippen LogP contribution is 2.21. The molecule has 1 aliphatic rings. The van der Waals surface area contributed by atoms with E-state index in [0.717, 1.165) is 4.90 Å². The zero-order chi connectivity index (χ0) is 19.5. The summed E-state index contributed by atoms with van der Waals surface area (Å²) >= 11 is 11.8. The first kappa shape index (κ1) is 20.0. The normalized spacial score (nSPS) is 15.6. The van der Waals surface area contributed by atoms with Crippen LogP contribution in [-0.2, 0) is 20.8 Å². The van der Waals surface area contributed by atoms with E-state index in [9.17, 15) is 19.2 Å². The van der Waals surface area contributed by atoms with Gasteiger partial charge in [0.05, 0.1) is 6.42 Å². The molecule has 0 spiro atoms. The van der Waals surface area contributed by atoms with Gasteiger partial charge >= 0.3 is 6.03 Å². The first-order valence-electron chi connectivity index (χ1n) is 7.76. The van der Waals surface area contributed by atoms with Gasteiger partial charge in [-0.1, -0.05) is 29.3 Å². The molecule has 1 aromatic carbocycles. The van der Waals surface area contributed by atoms with Crippen molar-refractivity contribution in [3.05, 3.63) is 33.8 Å². The van der Waals surface area contributed by atoms with Crippen molar-refractivity contribution in [3.8, 4) is 0 Å². The largest absolute Gasteiger partial charge is 0.325 e. The number of urea groups is 1. The maximum absolute atomic E-state index is 12.0. The second-order valence-electron chi connectivity index (χ2n) is 6.27. The molecule has 0 atom stereocenters. The van der Waals surface area contributed by atoms with Gasteiger partial charge in [0.25, 0.3) is 5.91 Å². The number of halogens is 2. The molecule has 26 heavy (non-hydrogen) atoms. The lowest BCUT2D eigenvalue weighted by Gasteiger charge is -2.15. The van der Waals surface area contributed by atoms with Gasteiger partial charge in [-0.3, -0.25) is 30.1 Å². The highest BCUT2D eigenvalue weighted by atomic mass is 35.5. The predicted octanol–water partition coefficient (Wildman–Crippen LogP) is 1.40. The number of imide groups is 1. The Hall–Kier alpha value is -2.32. The number of hydrogen-bond acceptors (Lipinski definition) is 4. The summed E-state index contributed by atoms with van der Waals surface area (Å²) in [5.74, 6) is -1.42. The van der Waals surface area contributed by atoms with Gasteiger partial charge in [0, 0.05) is 23.0 Å². The number of carbonyl (C=O) groups excluding carboxylic acids is 4. The monoisotopic (exact) mass is 400 g/mol. The number of hydrazine groups is 1. The molecule has 0 bridgehead atoms. The first-order chi connectivity index (χ1) is 12.1. The Bertz CT molecular complexity index is 767. The van der Waals surface area contributed by atoms with Crippen molar-refractivity contribution in [2.24, 2.45) is 0 Å². The second kappa shape index (κ2) is 7.92. The molecular weight excluding hydrogens is 383 g/mol. The molecular formula is C16H18Cl2N4O4. The van der Waals surface area contributed by atoms with Crippen molar-refractivity contribution < 1.29 is 19.2 Å². The summed E-state index contributed by atoms with van der Waals surface area (Å²) in [5.41, 5.74) is 4.06. The molecule has 0 radical (unpaired) electrons. The summed E-state index contributed by atoms with van der Waals surface area (Å²) in [6, 6.07) is 4.19. The lowest BCUT2D eigenvalue weighted by Crippen LogP contribution is -2.44. The average Bonchev–Trinajstić information content (AvgIpc) is 2.74. The van der Waals surface area contributed by atoms with Gasteiger partial charge in [-0.05, 0) is 31.5 Å². The number of amides is 5. The molecule has 2 rings (SSSR count). The molecule has 1 aromatic rings. The minimum Gasteiger partial charge on any atom is -0.324 e. The molecule has 0 saturated carbocycles. The Morgan fingerprint density at radius 2 is 1.81 bits per heavy atom. The molecule has 5 amide bonds. The Labute approximate surface area is 160 Å². The highest BCUT2D eigenvalue weighted by molar-refractivity contribution is 6.35. The van der Waals surface area contributed by atoms with Crippen LogP contribution in [0.2, 0.25) is 10.0 Å². The fourth-order valence-corrected chi connectivity index (χ4v) is 2.79. The smallest absolute Gasteiger partial charge is 0.324 e. The van der Waals surface area contributed by atoms with Crippen LogP contribution in [0.15, 0.2) is 18.2 Å². The molecule has 8 nitrogen and oxygen atoms in total. The fraction of sp³-hybridized carbons (Fsp3) is 0.375. The first-order valence-corrected chi connectivity index (χ1v) is 8.51. The Balaban J connectivity index is 1.77.